The summed E-state index contributed by atoms with van der Waals surface area (Å²) in [5.41, 5.74) is 0. The Morgan fingerprint density at radius 3 is 1.88 bits per heavy atom. The van der Waals surface area contributed by atoms with Gasteiger partial charge in [-0.15, -0.1) is 0 Å². The Balaban J connectivity index is 4.67. The monoisotopic (exact) mass is 348 g/mol. The van der Waals surface area contributed by atoms with Crippen LogP contribution in [0.1, 0.15) is 52.4 Å². The Kier molecular flexibility index (Phi) is 10.6. The highest BCUT2D eigenvalue weighted by Gasteiger charge is 2.37. The van der Waals surface area contributed by atoms with Crippen LogP contribution in [0.5, 0.6) is 0 Å². The lowest BCUT2D eigenvalue weighted by Gasteiger charge is -2.25. The Hall–Kier alpha value is -1.35. The summed E-state index contributed by atoms with van der Waals surface area (Å²) >= 11 is 0. The summed E-state index contributed by atoms with van der Waals surface area (Å²) in [5, 5.41) is 47.5. The molecule has 24 heavy (non-hydrogen) atoms. The van der Waals surface area contributed by atoms with Crippen molar-refractivity contribution in [3.05, 3.63) is 0 Å². The molecule has 0 aromatic carbocycles. The van der Waals surface area contributed by atoms with Crippen molar-refractivity contribution in [2.75, 3.05) is 0 Å². The molecule has 8 nitrogen and oxygen atoms in total. The van der Waals surface area contributed by atoms with Crippen molar-refractivity contribution in [2.24, 2.45) is 5.92 Å². The summed E-state index contributed by atoms with van der Waals surface area (Å²) in [6, 6.07) is 0. The predicted octanol–water partition coefficient (Wildman–Crippen LogP) is -0.351. The maximum Gasteiger partial charge on any atom is 0.306 e. The molecule has 0 unspecified atom stereocenters. The van der Waals surface area contributed by atoms with E-state index in [-0.39, 0.29) is 6.42 Å². The van der Waals surface area contributed by atoms with E-state index in [1.807, 2.05) is 6.92 Å². The summed E-state index contributed by atoms with van der Waals surface area (Å²) in [7, 11) is 0. The van der Waals surface area contributed by atoms with Gasteiger partial charge in [0, 0.05) is 6.42 Å². The van der Waals surface area contributed by atoms with E-state index in [9.17, 15) is 34.8 Å². The Morgan fingerprint density at radius 1 is 0.875 bits per heavy atom. The van der Waals surface area contributed by atoms with E-state index in [2.05, 4.69) is 0 Å². The van der Waals surface area contributed by atoms with Gasteiger partial charge < -0.3 is 25.5 Å². The average Bonchev–Trinajstić information content (AvgIpc) is 2.54. The van der Waals surface area contributed by atoms with Crippen LogP contribution in [0.4, 0.5) is 0 Å². The number of unbranched alkanes of at least 4 members (excludes halogenated alkanes) is 3. The zero-order valence-electron chi connectivity index (χ0n) is 14.1. The highest BCUT2D eigenvalue weighted by molar-refractivity contribution is 5.87. The van der Waals surface area contributed by atoms with E-state index in [1.165, 1.54) is 0 Å². The van der Waals surface area contributed by atoms with Crippen LogP contribution in [-0.4, -0.2) is 67.5 Å². The fraction of sp³-hybridized carbons (Fsp3) is 0.812. The lowest BCUT2D eigenvalue weighted by atomic mass is 9.90. The molecule has 0 saturated heterocycles. The maximum atomic E-state index is 11.9. The van der Waals surface area contributed by atoms with E-state index in [1.54, 1.807) is 0 Å². The SMILES string of the molecule is CCCCCC[C@H](CC(=O)[C@@H](O)[C@H](O)[C@H](O)[C@@H](O)C(C)=O)C(=O)O. The van der Waals surface area contributed by atoms with Gasteiger partial charge in [-0.1, -0.05) is 32.6 Å². The Bertz CT molecular complexity index is 422. The molecule has 0 fully saturated rings. The second-order valence-corrected chi connectivity index (χ2v) is 6.04. The number of rotatable bonds is 13. The second-order valence-electron chi connectivity index (χ2n) is 6.04. The molecule has 0 aromatic heterocycles. The van der Waals surface area contributed by atoms with Gasteiger partial charge in [-0.2, -0.15) is 0 Å². The van der Waals surface area contributed by atoms with Crippen LogP contribution in [0.15, 0.2) is 0 Å². The first-order valence-corrected chi connectivity index (χ1v) is 8.11. The number of carbonyl (C=O) groups excluding carboxylic acids is 2. The molecule has 0 bridgehead atoms. The highest BCUT2D eigenvalue weighted by Crippen LogP contribution is 2.18. The lowest BCUT2D eigenvalue weighted by Crippen LogP contribution is -2.50. The lowest BCUT2D eigenvalue weighted by molar-refractivity contribution is -0.154. The van der Waals surface area contributed by atoms with Gasteiger partial charge in [0.1, 0.15) is 24.4 Å². The van der Waals surface area contributed by atoms with Crippen molar-refractivity contribution < 1.29 is 39.9 Å². The minimum absolute atomic E-state index is 0.266. The molecular formula is C16H28O8. The molecule has 0 saturated carbocycles. The Labute approximate surface area is 141 Å². The number of Topliss-reactive ketones (excluding diaryl/α,β-unsaturated/α-hetero) is 2. The molecule has 5 N–H and O–H groups in total. The summed E-state index contributed by atoms with van der Waals surface area (Å²) in [6.07, 6.45) is -4.95. The van der Waals surface area contributed by atoms with Crippen molar-refractivity contribution in [3.8, 4) is 0 Å². The van der Waals surface area contributed by atoms with Crippen molar-refractivity contribution in [1.82, 2.24) is 0 Å². The van der Waals surface area contributed by atoms with Crippen LogP contribution < -0.4 is 0 Å². The maximum absolute atomic E-state index is 11.9. The molecule has 0 rings (SSSR count). The molecular weight excluding hydrogens is 320 g/mol. The van der Waals surface area contributed by atoms with Crippen LogP contribution in [0, 0.1) is 5.92 Å². The number of aliphatic hydroxyl groups is 4. The largest absolute Gasteiger partial charge is 0.481 e. The topological polar surface area (TPSA) is 152 Å². The molecule has 140 valence electrons. The zero-order chi connectivity index (χ0) is 18.9. The first-order valence-electron chi connectivity index (χ1n) is 8.11. The third kappa shape index (κ3) is 7.48. The standard InChI is InChI=1S/C16H28O8/c1-3-4-5-6-7-10(16(23)24)8-11(18)13(20)15(22)14(21)12(19)9(2)17/h10,12-15,19-22H,3-8H2,1-2H3,(H,23,24)/t10-,12+,13-,14-,15+/m1/s1. The number of carboxylic acid groups (broad SMARTS) is 1. The third-order valence-electron chi connectivity index (χ3n) is 3.95. The molecule has 0 aliphatic heterocycles. The number of carboxylic acids is 1. The smallest absolute Gasteiger partial charge is 0.306 e. The van der Waals surface area contributed by atoms with Crippen molar-refractivity contribution in [3.63, 3.8) is 0 Å². The van der Waals surface area contributed by atoms with Gasteiger partial charge >= 0.3 is 5.97 Å². The van der Waals surface area contributed by atoms with Crippen LogP contribution in [-0.2, 0) is 14.4 Å². The zero-order valence-corrected chi connectivity index (χ0v) is 14.1. The van der Waals surface area contributed by atoms with Crippen LogP contribution >= 0.6 is 0 Å². The van der Waals surface area contributed by atoms with Crippen LogP contribution in [0.25, 0.3) is 0 Å². The molecule has 0 amide bonds. The number of hydrogen-bond acceptors (Lipinski definition) is 7. The van der Waals surface area contributed by atoms with E-state index in [0.29, 0.717) is 6.42 Å². The average molecular weight is 348 g/mol. The second kappa shape index (κ2) is 11.2. The van der Waals surface area contributed by atoms with Crippen molar-refractivity contribution in [1.29, 1.82) is 0 Å². The van der Waals surface area contributed by atoms with Gasteiger partial charge in [-0.05, 0) is 13.3 Å². The molecule has 0 aliphatic carbocycles. The molecule has 0 spiro atoms. The summed E-state index contributed by atoms with van der Waals surface area (Å²) in [6.45, 7) is 2.99. The highest BCUT2D eigenvalue weighted by atomic mass is 16.4. The van der Waals surface area contributed by atoms with Crippen LogP contribution in [0.2, 0.25) is 0 Å². The van der Waals surface area contributed by atoms with Gasteiger partial charge in [-0.3, -0.25) is 14.4 Å². The molecule has 8 heteroatoms. The van der Waals surface area contributed by atoms with Crippen molar-refractivity contribution in [2.45, 2.75) is 76.8 Å². The van der Waals surface area contributed by atoms with E-state index in [4.69, 9.17) is 5.11 Å². The van der Waals surface area contributed by atoms with Gasteiger partial charge in [0.05, 0.1) is 5.92 Å². The summed E-state index contributed by atoms with van der Waals surface area (Å²) in [5.74, 6) is -3.96. The molecule has 0 aliphatic rings. The molecule has 0 heterocycles. The number of hydrogen-bond donors (Lipinski definition) is 5. The fourth-order valence-electron chi connectivity index (χ4n) is 2.30. The minimum Gasteiger partial charge on any atom is -0.481 e. The molecule has 5 atom stereocenters. The van der Waals surface area contributed by atoms with Crippen LogP contribution in [0.3, 0.4) is 0 Å². The third-order valence-corrected chi connectivity index (χ3v) is 3.95. The van der Waals surface area contributed by atoms with E-state index in [0.717, 1.165) is 26.2 Å². The fourth-order valence-corrected chi connectivity index (χ4v) is 2.30. The first-order chi connectivity index (χ1) is 11.1. The normalized spacial score (nSPS) is 17.6. The van der Waals surface area contributed by atoms with Gasteiger partial charge in [-0.25, -0.2) is 0 Å². The molecule has 0 radical (unpaired) electrons. The number of ketones is 2. The number of aliphatic carboxylic acids is 1. The first kappa shape index (κ1) is 22.6. The number of aliphatic hydroxyl groups excluding tert-OH is 4. The van der Waals surface area contributed by atoms with Gasteiger partial charge in [0.15, 0.2) is 11.6 Å². The number of carbonyl (C=O) groups is 3. The van der Waals surface area contributed by atoms with Gasteiger partial charge in [0.2, 0.25) is 0 Å². The van der Waals surface area contributed by atoms with Crippen molar-refractivity contribution >= 4 is 17.5 Å². The van der Waals surface area contributed by atoms with E-state index >= 15 is 0 Å². The van der Waals surface area contributed by atoms with Gasteiger partial charge in [0.25, 0.3) is 0 Å². The summed E-state index contributed by atoms with van der Waals surface area (Å²) < 4.78 is 0. The van der Waals surface area contributed by atoms with E-state index < -0.39 is 54.3 Å². The molecule has 0 aromatic rings. The Morgan fingerprint density at radius 2 is 1.42 bits per heavy atom. The summed E-state index contributed by atoms with van der Waals surface area (Å²) in [4.78, 5) is 34.1. The predicted molar refractivity (Wildman–Crippen MR) is 84.2 cm³/mol. The quantitative estimate of drug-likeness (QED) is 0.283. The minimum atomic E-state index is -2.08.